The number of carboxylic acids is 1. The number of methoxy groups -OCH3 is 1. The van der Waals surface area contributed by atoms with Crippen LogP contribution in [0.3, 0.4) is 0 Å². The molecule has 0 fully saturated rings. The first-order valence-corrected chi connectivity index (χ1v) is 6.00. The van der Waals surface area contributed by atoms with E-state index in [1.807, 2.05) is 0 Å². The lowest BCUT2D eigenvalue weighted by atomic mass is 10.0. The quantitative estimate of drug-likeness (QED) is 0.928. The zero-order valence-electron chi connectivity index (χ0n) is 11.1. The van der Waals surface area contributed by atoms with E-state index in [1.54, 1.807) is 0 Å². The Morgan fingerprint density at radius 3 is 2.80 bits per heavy atom. The van der Waals surface area contributed by atoms with E-state index in [0.717, 1.165) is 0 Å². The number of aliphatic carboxylic acids is 1. The first-order valence-electron chi connectivity index (χ1n) is 6.00. The lowest BCUT2D eigenvalue weighted by Crippen LogP contribution is -2.21. The second-order valence-electron chi connectivity index (χ2n) is 4.50. The molecule has 106 valence electrons. The van der Waals surface area contributed by atoms with Crippen LogP contribution in [-0.4, -0.2) is 22.8 Å². The Bertz CT molecular complexity index is 723. The zero-order valence-corrected chi connectivity index (χ0v) is 11.1. The van der Waals surface area contributed by atoms with Gasteiger partial charge >= 0.3 is 5.97 Å². The molecule has 0 spiro atoms. The molecule has 0 radical (unpaired) electrons. The summed E-state index contributed by atoms with van der Waals surface area (Å²) in [6, 6.07) is 4.14. The number of nitrogens with zero attached hydrogens (tertiary/aromatic N) is 1. The van der Waals surface area contributed by atoms with Crippen molar-refractivity contribution in [3.63, 3.8) is 0 Å². The van der Waals surface area contributed by atoms with Crippen LogP contribution in [0.5, 0.6) is 0 Å². The fourth-order valence-corrected chi connectivity index (χ4v) is 2.12. The average Bonchev–Trinajstić information content (AvgIpc) is 2.41. The van der Waals surface area contributed by atoms with Crippen LogP contribution in [0.25, 0.3) is 10.9 Å². The first-order chi connectivity index (χ1) is 9.47. The number of hydrogen-bond donors (Lipinski definition) is 1. The molecule has 2 aromatic rings. The predicted octanol–water partition coefficient (Wildman–Crippen LogP) is 1.93. The van der Waals surface area contributed by atoms with Gasteiger partial charge in [0.05, 0.1) is 11.4 Å². The number of aromatic nitrogens is 1. The summed E-state index contributed by atoms with van der Waals surface area (Å²) in [6.07, 6.45) is 1.34. The number of para-hydroxylation sites is 1. The maximum atomic E-state index is 13.9. The van der Waals surface area contributed by atoms with Crippen molar-refractivity contribution in [1.82, 2.24) is 4.57 Å². The Kier molecular flexibility index (Phi) is 3.85. The summed E-state index contributed by atoms with van der Waals surface area (Å²) >= 11 is 0. The van der Waals surface area contributed by atoms with Crippen LogP contribution in [0.15, 0.2) is 29.2 Å². The SMILES string of the molecule is COCn1cc(C(C)C(=O)O)c(=O)c2cccc(F)c21. The van der Waals surface area contributed by atoms with E-state index in [0.29, 0.717) is 0 Å². The Morgan fingerprint density at radius 1 is 1.50 bits per heavy atom. The highest BCUT2D eigenvalue weighted by atomic mass is 19.1. The fraction of sp³-hybridized carbons (Fsp3) is 0.286. The molecule has 1 atom stereocenters. The van der Waals surface area contributed by atoms with Crippen molar-refractivity contribution >= 4 is 16.9 Å². The fourth-order valence-electron chi connectivity index (χ4n) is 2.12. The van der Waals surface area contributed by atoms with Crippen molar-refractivity contribution in [2.24, 2.45) is 0 Å². The van der Waals surface area contributed by atoms with Crippen molar-refractivity contribution in [2.75, 3.05) is 7.11 Å². The molecule has 0 aliphatic rings. The Balaban J connectivity index is 2.84. The predicted molar refractivity (Wildman–Crippen MR) is 71.2 cm³/mol. The summed E-state index contributed by atoms with van der Waals surface area (Å²) < 4.78 is 20.3. The minimum atomic E-state index is -1.11. The molecule has 5 nitrogen and oxygen atoms in total. The molecule has 1 N–H and O–H groups in total. The third-order valence-corrected chi connectivity index (χ3v) is 3.18. The Hall–Kier alpha value is -2.21. The van der Waals surface area contributed by atoms with Crippen LogP contribution in [-0.2, 0) is 16.3 Å². The van der Waals surface area contributed by atoms with Crippen molar-refractivity contribution < 1.29 is 19.0 Å². The third-order valence-electron chi connectivity index (χ3n) is 3.18. The van der Waals surface area contributed by atoms with Gasteiger partial charge in [0.15, 0.2) is 5.43 Å². The highest BCUT2D eigenvalue weighted by Gasteiger charge is 2.21. The van der Waals surface area contributed by atoms with E-state index in [-0.39, 0.29) is 23.2 Å². The van der Waals surface area contributed by atoms with Gasteiger partial charge in [-0.25, -0.2) is 4.39 Å². The number of benzene rings is 1. The lowest BCUT2D eigenvalue weighted by molar-refractivity contribution is -0.138. The standard InChI is InChI=1S/C14H14FNO4/c1-8(14(18)19)10-6-16(7-20-2)12-9(13(10)17)4-3-5-11(12)15/h3-6,8H,7H2,1-2H3,(H,18,19). The van der Waals surface area contributed by atoms with Crippen molar-refractivity contribution in [3.8, 4) is 0 Å². The zero-order chi connectivity index (χ0) is 14.9. The highest BCUT2D eigenvalue weighted by Crippen LogP contribution is 2.20. The number of ether oxygens (including phenoxy) is 1. The van der Waals surface area contributed by atoms with Crippen molar-refractivity contribution in [3.05, 3.63) is 46.0 Å². The summed E-state index contributed by atoms with van der Waals surface area (Å²) in [6.45, 7) is 1.44. The van der Waals surface area contributed by atoms with Gasteiger partial charge in [-0.2, -0.15) is 0 Å². The molecular weight excluding hydrogens is 265 g/mol. The van der Waals surface area contributed by atoms with Gasteiger partial charge in [0.2, 0.25) is 0 Å². The number of carboxylic acid groups (broad SMARTS) is 1. The van der Waals surface area contributed by atoms with E-state index in [2.05, 4.69) is 0 Å². The van der Waals surface area contributed by atoms with E-state index in [1.165, 1.54) is 43.0 Å². The summed E-state index contributed by atoms with van der Waals surface area (Å²) in [5, 5.41) is 9.20. The maximum absolute atomic E-state index is 13.9. The molecule has 1 unspecified atom stereocenters. The molecule has 1 aromatic heterocycles. The van der Waals surface area contributed by atoms with Gasteiger partial charge in [-0.05, 0) is 19.1 Å². The van der Waals surface area contributed by atoms with Crippen LogP contribution < -0.4 is 5.43 Å². The van der Waals surface area contributed by atoms with Gasteiger partial charge in [-0.3, -0.25) is 9.59 Å². The van der Waals surface area contributed by atoms with Gasteiger partial charge in [0.25, 0.3) is 0 Å². The van der Waals surface area contributed by atoms with Crippen molar-refractivity contribution in [2.45, 2.75) is 19.6 Å². The molecule has 1 aromatic carbocycles. The van der Waals surface area contributed by atoms with Crippen LogP contribution in [0.4, 0.5) is 4.39 Å². The number of fused-ring (bicyclic) bond motifs is 1. The maximum Gasteiger partial charge on any atom is 0.310 e. The van der Waals surface area contributed by atoms with E-state index in [4.69, 9.17) is 9.84 Å². The smallest absolute Gasteiger partial charge is 0.310 e. The minimum Gasteiger partial charge on any atom is -0.481 e. The second kappa shape index (κ2) is 5.42. The average molecular weight is 279 g/mol. The highest BCUT2D eigenvalue weighted by molar-refractivity contribution is 5.82. The van der Waals surface area contributed by atoms with Crippen LogP contribution >= 0.6 is 0 Å². The molecule has 1 heterocycles. The van der Waals surface area contributed by atoms with Gasteiger partial charge in [0, 0.05) is 24.3 Å². The van der Waals surface area contributed by atoms with Crippen LogP contribution in [0, 0.1) is 5.82 Å². The molecule has 0 aliphatic carbocycles. The molecule has 2 rings (SSSR count). The molecule has 0 amide bonds. The Morgan fingerprint density at radius 2 is 2.20 bits per heavy atom. The number of pyridine rings is 1. The van der Waals surface area contributed by atoms with Gasteiger partial charge in [-0.1, -0.05) is 6.07 Å². The number of halogens is 1. The Labute approximate surface area is 114 Å². The molecule has 0 bridgehead atoms. The molecule has 0 saturated carbocycles. The lowest BCUT2D eigenvalue weighted by Gasteiger charge is -2.14. The van der Waals surface area contributed by atoms with E-state index in [9.17, 15) is 14.0 Å². The van der Waals surface area contributed by atoms with E-state index < -0.39 is 23.1 Å². The summed E-state index contributed by atoms with van der Waals surface area (Å²) in [7, 11) is 1.44. The van der Waals surface area contributed by atoms with Crippen LogP contribution in [0.1, 0.15) is 18.4 Å². The van der Waals surface area contributed by atoms with Crippen LogP contribution in [0.2, 0.25) is 0 Å². The molecular formula is C14H14FNO4. The summed E-state index contributed by atoms with van der Waals surface area (Å²) in [5.74, 6) is -2.63. The molecule has 0 saturated heterocycles. The summed E-state index contributed by atoms with van der Waals surface area (Å²) in [4.78, 5) is 23.4. The third kappa shape index (κ3) is 2.30. The van der Waals surface area contributed by atoms with E-state index >= 15 is 0 Å². The van der Waals surface area contributed by atoms with Gasteiger partial charge in [0.1, 0.15) is 12.5 Å². The summed E-state index contributed by atoms with van der Waals surface area (Å²) in [5.41, 5.74) is -0.255. The minimum absolute atomic E-state index is 0.0249. The molecule has 0 aliphatic heterocycles. The topological polar surface area (TPSA) is 68.5 Å². The number of rotatable bonds is 4. The first kappa shape index (κ1) is 14.2. The second-order valence-corrected chi connectivity index (χ2v) is 4.50. The largest absolute Gasteiger partial charge is 0.481 e. The molecule has 6 heteroatoms. The number of carbonyl (C=O) groups is 1. The van der Waals surface area contributed by atoms with Gasteiger partial charge < -0.3 is 14.4 Å². The van der Waals surface area contributed by atoms with Gasteiger partial charge in [-0.15, -0.1) is 0 Å². The monoisotopic (exact) mass is 279 g/mol. The van der Waals surface area contributed by atoms with Crippen molar-refractivity contribution in [1.29, 1.82) is 0 Å². The number of hydrogen-bond acceptors (Lipinski definition) is 3. The molecule has 20 heavy (non-hydrogen) atoms. The normalized spacial score (nSPS) is 12.6.